The van der Waals surface area contributed by atoms with Gasteiger partial charge in [-0.25, -0.2) is 0 Å². The smallest absolute Gasteiger partial charge is 0.286 e. The van der Waals surface area contributed by atoms with E-state index in [-0.39, 0.29) is 23.0 Å². The molecular weight excluding hydrogens is 348 g/mol. The van der Waals surface area contributed by atoms with Crippen molar-refractivity contribution in [1.82, 2.24) is 5.32 Å². The molecule has 1 N–H and O–H groups in total. The maximum Gasteiger partial charge on any atom is 0.286 e. The zero-order valence-electron chi connectivity index (χ0n) is 15.7. The van der Waals surface area contributed by atoms with Gasteiger partial charge in [0.25, 0.3) is 11.6 Å². The molecule has 7 heteroatoms. The number of rotatable bonds is 9. The lowest BCUT2D eigenvalue weighted by atomic mass is 10.1. The Morgan fingerprint density at radius 3 is 2.52 bits per heavy atom. The summed E-state index contributed by atoms with van der Waals surface area (Å²) in [6, 6.07) is 12.4. The highest BCUT2D eigenvalue weighted by atomic mass is 16.6. The molecule has 0 fully saturated rings. The topological polar surface area (TPSA) is 90.7 Å². The van der Waals surface area contributed by atoms with Crippen LogP contribution >= 0.6 is 0 Å². The number of nitro groups is 1. The minimum Gasteiger partial charge on any atom is -0.493 e. The first-order valence-corrected chi connectivity index (χ1v) is 8.80. The minimum absolute atomic E-state index is 0.0455. The molecule has 1 unspecified atom stereocenters. The fraction of sp³-hybridized carbons (Fsp3) is 0.350. The van der Waals surface area contributed by atoms with Gasteiger partial charge in [0, 0.05) is 12.1 Å². The van der Waals surface area contributed by atoms with E-state index in [1.165, 1.54) is 24.8 Å². The Morgan fingerprint density at radius 2 is 1.93 bits per heavy atom. The fourth-order valence-corrected chi connectivity index (χ4v) is 2.71. The predicted molar refractivity (Wildman–Crippen MR) is 103 cm³/mol. The molecule has 0 saturated carbocycles. The molecule has 0 radical (unpaired) electrons. The van der Waals surface area contributed by atoms with Gasteiger partial charge in [-0.2, -0.15) is 0 Å². The molecule has 1 atom stereocenters. The normalized spacial score (nSPS) is 11.5. The molecule has 0 spiro atoms. The van der Waals surface area contributed by atoms with Crippen LogP contribution in [0.15, 0.2) is 42.5 Å². The maximum absolute atomic E-state index is 12.6. The van der Waals surface area contributed by atoms with E-state index < -0.39 is 10.8 Å². The summed E-state index contributed by atoms with van der Waals surface area (Å²) in [5, 5.41) is 14.2. The van der Waals surface area contributed by atoms with Crippen LogP contribution in [0.4, 0.5) is 5.69 Å². The third-order valence-corrected chi connectivity index (χ3v) is 4.11. The van der Waals surface area contributed by atoms with Gasteiger partial charge in [-0.15, -0.1) is 0 Å². The highest BCUT2D eigenvalue weighted by molar-refractivity contribution is 5.99. The Balaban J connectivity index is 2.15. The molecule has 2 rings (SSSR count). The van der Waals surface area contributed by atoms with E-state index in [0.29, 0.717) is 12.4 Å². The molecule has 1 amide bonds. The number of benzene rings is 2. The van der Waals surface area contributed by atoms with Gasteiger partial charge in [0.1, 0.15) is 5.56 Å². The molecule has 0 heterocycles. The van der Waals surface area contributed by atoms with Gasteiger partial charge in [0.2, 0.25) is 0 Å². The number of ether oxygens (including phenoxy) is 2. The average Bonchev–Trinajstić information content (AvgIpc) is 2.67. The zero-order valence-corrected chi connectivity index (χ0v) is 15.7. The number of amides is 1. The molecule has 27 heavy (non-hydrogen) atoms. The molecule has 2 aromatic carbocycles. The van der Waals surface area contributed by atoms with Crippen LogP contribution in [-0.2, 0) is 6.42 Å². The van der Waals surface area contributed by atoms with E-state index in [1.807, 2.05) is 37.3 Å². The van der Waals surface area contributed by atoms with Crippen molar-refractivity contribution in [2.75, 3.05) is 13.7 Å². The van der Waals surface area contributed by atoms with E-state index in [1.54, 1.807) is 6.92 Å². The SMILES string of the molecule is CCOc1cc(C(=O)NC(C)CCc2ccccc2)c([N+](=O)[O-])cc1OC. The Kier molecular flexibility index (Phi) is 7.16. The molecule has 7 nitrogen and oxygen atoms in total. The quantitative estimate of drug-likeness (QED) is 0.535. The number of nitrogens with one attached hydrogen (secondary N) is 1. The van der Waals surface area contributed by atoms with Crippen molar-refractivity contribution >= 4 is 11.6 Å². The van der Waals surface area contributed by atoms with Crippen molar-refractivity contribution in [1.29, 1.82) is 0 Å². The molecule has 0 aliphatic rings. The minimum atomic E-state index is -0.595. The van der Waals surface area contributed by atoms with E-state index in [0.717, 1.165) is 12.8 Å². The molecule has 0 aliphatic heterocycles. The summed E-state index contributed by atoms with van der Waals surface area (Å²) in [6.45, 7) is 4.01. The zero-order chi connectivity index (χ0) is 19.8. The monoisotopic (exact) mass is 372 g/mol. The number of carbonyl (C=O) groups is 1. The summed E-state index contributed by atoms with van der Waals surface area (Å²) >= 11 is 0. The van der Waals surface area contributed by atoms with Crippen LogP contribution in [0.3, 0.4) is 0 Å². The summed E-state index contributed by atoms with van der Waals surface area (Å²) in [4.78, 5) is 23.4. The second kappa shape index (κ2) is 9.56. The summed E-state index contributed by atoms with van der Waals surface area (Å²) in [6.07, 6.45) is 1.52. The Morgan fingerprint density at radius 1 is 1.22 bits per heavy atom. The van der Waals surface area contributed by atoms with Gasteiger partial charge >= 0.3 is 0 Å². The number of nitro benzene ring substituents is 1. The summed E-state index contributed by atoms with van der Waals surface area (Å²) in [5.41, 5.74) is 0.812. The van der Waals surface area contributed by atoms with Crippen molar-refractivity contribution in [3.8, 4) is 11.5 Å². The molecule has 0 aromatic heterocycles. The average molecular weight is 372 g/mol. The van der Waals surface area contributed by atoms with Crippen molar-refractivity contribution in [2.24, 2.45) is 0 Å². The second-order valence-corrected chi connectivity index (χ2v) is 6.11. The van der Waals surface area contributed by atoms with Crippen LogP contribution in [-0.4, -0.2) is 30.6 Å². The van der Waals surface area contributed by atoms with Crippen LogP contribution in [0, 0.1) is 10.1 Å². The number of aryl methyl sites for hydroxylation is 1. The number of carbonyl (C=O) groups excluding carboxylic acids is 1. The molecule has 2 aromatic rings. The first-order valence-electron chi connectivity index (χ1n) is 8.80. The van der Waals surface area contributed by atoms with Crippen LogP contribution in [0.25, 0.3) is 0 Å². The van der Waals surface area contributed by atoms with E-state index in [4.69, 9.17) is 9.47 Å². The number of hydrogen-bond acceptors (Lipinski definition) is 5. The largest absolute Gasteiger partial charge is 0.493 e. The van der Waals surface area contributed by atoms with Crippen molar-refractivity contribution in [3.63, 3.8) is 0 Å². The summed E-state index contributed by atoms with van der Waals surface area (Å²) < 4.78 is 10.6. The standard InChI is InChI=1S/C20H24N2O5/c1-4-27-19-12-16(17(22(24)25)13-18(19)26-3)20(23)21-14(2)10-11-15-8-6-5-7-9-15/h5-9,12-14H,4,10-11H2,1-3H3,(H,21,23). The Hall–Kier alpha value is -3.09. The van der Waals surface area contributed by atoms with Crippen molar-refractivity contribution in [2.45, 2.75) is 32.7 Å². The van der Waals surface area contributed by atoms with Crippen molar-refractivity contribution in [3.05, 3.63) is 63.7 Å². The highest BCUT2D eigenvalue weighted by Crippen LogP contribution is 2.34. The van der Waals surface area contributed by atoms with Gasteiger partial charge in [0.15, 0.2) is 11.5 Å². The van der Waals surface area contributed by atoms with Crippen molar-refractivity contribution < 1.29 is 19.2 Å². The summed E-state index contributed by atoms with van der Waals surface area (Å²) in [7, 11) is 1.40. The first kappa shape index (κ1) is 20.2. The van der Waals surface area contributed by atoms with Gasteiger partial charge in [-0.3, -0.25) is 14.9 Å². The van der Waals surface area contributed by atoms with E-state index in [2.05, 4.69) is 5.32 Å². The van der Waals surface area contributed by atoms with E-state index in [9.17, 15) is 14.9 Å². The van der Waals surface area contributed by atoms with Gasteiger partial charge < -0.3 is 14.8 Å². The van der Waals surface area contributed by atoms with Crippen LogP contribution in [0.5, 0.6) is 11.5 Å². The second-order valence-electron chi connectivity index (χ2n) is 6.11. The van der Waals surface area contributed by atoms with Crippen LogP contribution in [0.1, 0.15) is 36.2 Å². The molecule has 0 bridgehead atoms. The molecule has 144 valence electrons. The summed E-state index contributed by atoms with van der Waals surface area (Å²) in [5.74, 6) is 0.00998. The number of nitrogens with zero attached hydrogens (tertiary/aromatic N) is 1. The lowest BCUT2D eigenvalue weighted by molar-refractivity contribution is -0.385. The van der Waals surface area contributed by atoms with Crippen LogP contribution < -0.4 is 14.8 Å². The third-order valence-electron chi connectivity index (χ3n) is 4.11. The number of methoxy groups -OCH3 is 1. The maximum atomic E-state index is 12.6. The Labute approximate surface area is 158 Å². The van der Waals surface area contributed by atoms with Gasteiger partial charge in [-0.1, -0.05) is 30.3 Å². The predicted octanol–water partition coefficient (Wildman–Crippen LogP) is 3.75. The lowest BCUT2D eigenvalue weighted by Gasteiger charge is -2.15. The van der Waals surface area contributed by atoms with Crippen LogP contribution in [0.2, 0.25) is 0 Å². The van der Waals surface area contributed by atoms with E-state index >= 15 is 0 Å². The molecular formula is C20H24N2O5. The first-order chi connectivity index (χ1) is 13.0. The molecule has 0 aliphatic carbocycles. The number of hydrogen-bond donors (Lipinski definition) is 1. The van der Waals surface area contributed by atoms with Gasteiger partial charge in [-0.05, 0) is 32.3 Å². The fourth-order valence-electron chi connectivity index (χ4n) is 2.71. The van der Waals surface area contributed by atoms with Gasteiger partial charge in [0.05, 0.1) is 24.7 Å². The highest BCUT2D eigenvalue weighted by Gasteiger charge is 2.25. The lowest BCUT2D eigenvalue weighted by Crippen LogP contribution is -2.33. The third kappa shape index (κ3) is 5.44. The Bertz CT molecular complexity index is 792. The molecule has 0 saturated heterocycles.